The average molecular weight is 290 g/mol. The molecule has 0 atom stereocenters. The molecule has 0 aliphatic heterocycles. The fourth-order valence-electron chi connectivity index (χ4n) is 1.58. The number of nitrogens with zero attached hydrogens (tertiary/aromatic N) is 4. The predicted octanol–water partition coefficient (Wildman–Crippen LogP) is 2.58. The zero-order chi connectivity index (χ0) is 13.2. The van der Waals surface area contributed by atoms with Gasteiger partial charge in [0.25, 0.3) is 0 Å². The van der Waals surface area contributed by atoms with Crippen molar-refractivity contribution < 1.29 is 0 Å². The summed E-state index contributed by atoms with van der Waals surface area (Å²) < 4.78 is 1.99. The van der Waals surface area contributed by atoms with E-state index in [2.05, 4.69) is 25.5 Å². The number of rotatable bonds is 3. The highest BCUT2D eigenvalue weighted by Crippen LogP contribution is 2.15. The van der Waals surface area contributed by atoms with Gasteiger partial charge in [-0.1, -0.05) is 6.07 Å². The summed E-state index contributed by atoms with van der Waals surface area (Å²) in [6.45, 7) is 1.93. The third-order valence-corrected chi connectivity index (χ3v) is 3.50. The quantitative estimate of drug-likeness (QED) is 0.575. The number of aryl methyl sites for hydroxylation is 1. The van der Waals surface area contributed by atoms with Crippen molar-refractivity contribution >= 4 is 29.8 Å². The molecule has 0 amide bonds. The number of H-pyrrole nitrogens is 2. The SMILES string of the molecule is Cc1cc(-c2n[nH]c(=S)n2/N=C\c2cccs2)n[nH]1. The molecule has 3 rings (SSSR count). The molecule has 0 spiro atoms. The van der Waals surface area contributed by atoms with Crippen LogP contribution in [0.3, 0.4) is 0 Å². The van der Waals surface area contributed by atoms with Gasteiger partial charge in [0.2, 0.25) is 10.6 Å². The second kappa shape index (κ2) is 4.90. The highest BCUT2D eigenvalue weighted by atomic mass is 32.1. The highest BCUT2D eigenvalue weighted by Gasteiger charge is 2.10. The predicted molar refractivity (Wildman–Crippen MR) is 77.0 cm³/mol. The van der Waals surface area contributed by atoms with Gasteiger partial charge in [0.15, 0.2) is 0 Å². The van der Waals surface area contributed by atoms with E-state index >= 15 is 0 Å². The molecule has 19 heavy (non-hydrogen) atoms. The molecule has 0 saturated carbocycles. The highest BCUT2D eigenvalue weighted by molar-refractivity contribution is 7.71. The van der Waals surface area contributed by atoms with Crippen LogP contribution >= 0.6 is 23.6 Å². The Morgan fingerprint density at radius 1 is 1.42 bits per heavy atom. The molecule has 0 aliphatic rings. The second-order valence-electron chi connectivity index (χ2n) is 3.86. The molecule has 3 aromatic heterocycles. The average Bonchev–Trinajstić information content (AvgIpc) is 3.08. The van der Waals surface area contributed by atoms with E-state index in [1.807, 2.05) is 30.5 Å². The van der Waals surface area contributed by atoms with Gasteiger partial charge in [0, 0.05) is 10.6 Å². The number of hydrogen-bond acceptors (Lipinski definition) is 5. The lowest BCUT2D eigenvalue weighted by Crippen LogP contribution is -1.94. The normalized spacial score (nSPS) is 11.4. The molecule has 0 fully saturated rings. The van der Waals surface area contributed by atoms with Crippen molar-refractivity contribution in [3.05, 3.63) is 38.9 Å². The molecular formula is C11H10N6S2. The van der Waals surface area contributed by atoms with Crippen LogP contribution in [-0.4, -0.2) is 31.3 Å². The summed E-state index contributed by atoms with van der Waals surface area (Å²) in [5.74, 6) is 0.585. The van der Waals surface area contributed by atoms with E-state index < -0.39 is 0 Å². The summed E-state index contributed by atoms with van der Waals surface area (Å²) in [5, 5.41) is 20.2. The Balaban J connectivity index is 2.02. The molecule has 2 N–H and O–H groups in total. The first-order valence-corrected chi connectivity index (χ1v) is 6.80. The van der Waals surface area contributed by atoms with E-state index in [9.17, 15) is 0 Å². The summed E-state index contributed by atoms with van der Waals surface area (Å²) in [6.07, 6.45) is 1.75. The largest absolute Gasteiger partial charge is 0.282 e. The van der Waals surface area contributed by atoms with Gasteiger partial charge >= 0.3 is 0 Å². The fraction of sp³-hybridized carbons (Fsp3) is 0.0909. The van der Waals surface area contributed by atoms with Crippen LogP contribution in [0.5, 0.6) is 0 Å². The van der Waals surface area contributed by atoms with Crippen LogP contribution in [0.2, 0.25) is 0 Å². The fourth-order valence-corrected chi connectivity index (χ4v) is 2.34. The van der Waals surface area contributed by atoms with Crippen molar-refractivity contribution in [2.45, 2.75) is 6.92 Å². The zero-order valence-corrected chi connectivity index (χ0v) is 11.6. The van der Waals surface area contributed by atoms with Gasteiger partial charge in [-0.05, 0) is 36.7 Å². The van der Waals surface area contributed by atoms with Crippen molar-refractivity contribution in [3.63, 3.8) is 0 Å². The Morgan fingerprint density at radius 3 is 3.00 bits per heavy atom. The van der Waals surface area contributed by atoms with Crippen LogP contribution in [0.4, 0.5) is 0 Å². The minimum absolute atomic E-state index is 0.434. The van der Waals surface area contributed by atoms with E-state index in [0.717, 1.165) is 10.6 Å². The zero-order valence-electron chi connectivity index (χ0n) is 9.99. The lowest BCUT2D eigenvalue weighted by molar-refractivity contribution is 0.865. The van der Waals surface area contributed by atoms with Crippen molar-refractivity contribution in [2.75, 3.05) is 0 Å². The Bertz CT molecular complexity index is 761. The maximum absolute atomic E-state index is 5.17. The molecule has 3 aromatic rings. The Kier molecular flexibility index (Phi) is 3.10. The van der Waals surface area contributed by atoms with Crippen molar-refractivity contribution in [1.82, 2.24) is 25.1 Å². The molecular weight excluding hydrogens is 280 g/mol. The van der Waals surface area contributed by atoms with Crippen molar-refractivity contribution in [2.24, 2.45) is 5.10 Å². The number of aromatic nitrogens is 5. The molecule has 6 nitrogen and oxygen atoms in total. The summed E-state index contributed by atoms with van der Waals surface area (Å²) in [4.78, 5) is 1.05. The van der Waals surface area contributed by atoms with E-state index in [4.69, 9.17) is 12.2 Å². The van der Waals surface area contributed by atoms with E-state index in [-0.39, 0.29) is 0 Å². The minimum Gasteiger partial charge on any atom is -0.282 e. The lowest BCUT2D eigenvalue weighted by atomic mass is 10.3. The Hall–Kier alpha value is -2.06. The first-order valence-electron chi connectivity index (χ1n) is 5.52. The van der Waals surface area contributed by atoms with Crippen LogP contribution in [0.1, 0.15) is 10.6 Å². The van der Waals surface area contributed by atoms with E-state index in [1.54, 1.807) is 22.2 Å². The third-order valence-electron chi connectivity index (χ3n) is 2.43. The summed E-state index contributed by atoms with van der Waals surface area (Å²) in [7, 11) is 0. The van der Waals surface area contributed by atoms with Crippen LogP contribution in [-0.2, 0) is 0 Å². The maximum Gasteiger partial charge on any atom is 0.216 e. The van der Waals surface area contributed by atoms with Crippen molar-refractivity contribution in [1.29, 1.82) is 0 Å². The molecule has 96 valence electrons. The van der Waals surface area contributed by atoms with Crippen LogP contribution in [0.25, 0.3) is 11.5 Å². The number of aromatic amines is 2. The topological polar surface area (TPSA) is 74.7 Å². The summed E-state index contributed by atoms with van der Waals surface area (Å²) >= 11 is 6.78. The Labute approximate surface area is 117 Å². The summed E-state index contributed by atoms with van der Waals surface area (Å²) in [6, 6.07) is 5.84. The van der Waals surface area contributed by atoms with Gasteiger partial charge in [-0.2, -0.15) is 20.0 Å². The molecule has 8 heteroatoms. The van der Waals surface area contributed by atoms with E-state index in [0.29, 0.717) is 16.3 Å². The second-order valence-corrected chi connectivity index (χ2v) is 5.23. The molecule has 0 saturated heterocycles. The number of thiophene rings is 1. The molecule has 0 aliphatic carbocycles. The third kappa shape index (κ3) is 2.40. The standard InChI is InChI=1S/C11H10N6S2/c1-7-5-9(14-13-7)10-15-16-11(18)17(10)12-6-8-3-2-4-19-8/h2-6H,1H3,(H,13,14)(H,16,18)/b12-6-. The summed E-state index contributed by atoms with van der Waals surface area (Å²) in [5.41, 5.74) is 1.66. The number of nitrogens with one attached hydrogen (secondary N) is 2. The van der Waals surface area contributed by atoms with Gasteiger partial charge < -0.3 is 0 Å². The smallest absolute Gasteiger partial charge is 0.216 e. The van der Waals surface area contributed by atoms with Gasteiger partial charge in [-0.15, -0.1) is 11.3 Å². The van der Waals surface area contributed by atoms with Gasteiger partial charge in [0.05, 0.1) is 6.21 Å². The molecule has 0 radical (unpaired) electrons. The van der Waals surface area contributed by atoms with Gasteiger partial charge in [-0.25, -0.2) is 5.10 Å². The maximum atomic E-state index is 5.17. The molecule has 0 bridgehead atoms. The first kappa shape index (κ1) is 12.0. The van der Waals surface area contributed by atoms with Gasteiger partial charge in [0.1, 0.15) is 5.69 Å². The molecule has 0 aromatic carbocycles. The van der Waals surface area contributed by atoms with Crippen LogP contribution in [0.15, 0.2) is 28.7 Å². The Morgan fingerprint density at radius 2 is 2.32 bits per heavy atom. The van der Waals surface area contributed by atoms with Gasteiger partial charge in [-0.3, -0.25) is 5.10 Å². The van der Waals surface area contributed by atoms with E-state index in [1.165, 1.54) is 0 Å². The van der Waals surface area contributed by atoms with Crippen LogP contribution < -0.4 is 0 Å². The van der Waals surface area contributed by atoms with Crippen molar-refractivity contribution in [3.8, 4) is 11.5 Å². The molecule has 0 unspecified atom stereocenters. The lowest BCUT2D eigenvalue weighted by Gasteiger charge is -1.95. The number of hydrogen-bond donors (Lipinski definition) is 2. The minimum atomic E-state index is 0.434. The monoisotopic (exact) mass is 290 g/mol. The first-order chi connectivity index (χ1) is 9.24. The van der Waals surface area contributed by atoms with Crippen LogP contribution in [0, 0.1) is 11.7 Å². The molecule has 3 heterocycles.